The lowest BCUT2D eigenvalue weighted by Crippen LogP contribution is -2.44. The fourth-order valence-corrected chi connectivity index (χ4v) is 3.91. The third kappa shape index (κ3) is 3.96. The Morgan fingerprint density at radius 3 is 2.45 bits per heavy atom. The number of rotatable bonds is 5. The standard InChI is InChI=1S/C18H25F2N9/c19-18(20)4-7-29(11-18)17-24-15(23-16(25-17)28-8-5-21-6-9-28)22-14-10-13(26-27-14)12-2-1-3-12/h10,12,21H,1-9,11H2,(H2,22,23,24,25,26,27). The second-order valence-corrected chi connectivity index (χ2v) is 7.98. The van der Waals surface area contributed by atoms with Crippen LogP contribution in [0.25, 0.3) is 0 Å². The molecule has 2 aromatic rings. The van der Waals surface area contributed by atoms with E-state index in [0.29, 0.717) is 23.6 Å². The Morgan fingerprint density at radius 1 is 1.03 bits per heavy atom. The Hall–Kier alpha value is -2.56. The number of nitrogens with zero attached hydrogens (tertiary/aromatic N) is 6. The molecular formula is C18H25F2N9. The van der Waals surface area contributed by atoms with Crippen LogP contribution in [0.15, 0.2) is 6.07 Å². The second-order valence-electron chi connectivity index (χ2n) is 7.98. The highest BCUT2D eigenvalue weighted by molar-refractivity contribution is 5.53. The van der Waals surface area contributed by atoms with Crippen molar-refractivity contribution in [3.05, 3.63) is 11.8 Å². The minimum atomic E-state index is -2.71. The van der Waals surface area contributed by atoms with Gasteiger partial charge < -0.3 is 20.4 Å². The first-order chi connectivity index (χ1) is 14.1. The molecule has 1 saturated carbocycles. The molecule has 0 spiro atoms. The minimum absolute atomic E-state index is 0.186. The molecular weight excluding hydrogens is 380 g/mol. The van der Waals surface area contributed by atoms with Crippen LogP contribution in [-0.2, 0) is 0 Å². The molecule has 0 radical (unpaired) electrons. The highest BCUT2D eigenvalue weighted by atomic mass is 19.3. The van der Waals surface area contributed by atoms with Crippen molar-refractivity contribution >= 4 is 23.7 Å². The van der Waals surface area contributed by atoms with E-state index in [9.17, 15) is 8.78 Å². The highest BCUT2D eigenvalue weighted by Gasteiger charge is 2.39. The molecule has 0 unspecified atom stereocenters. The Kier molecular flexibility index (Phi) is 4.69. The van der Waals surface area contributed by atoms with Crippen LogP contribution in [0.1, 0.15) is 37.3 Å². The number of aromatic amines is 1. The van der Waals surface area contributed by atoms with Crippen LogP contribution in [-0.4, -0.2) is 70.3 Å². The largest absolute Gasteiger partial charge is 0.338 e. The van der Waals surface area contributed by atoms with Gasteiger partial charge in [-0.2, -0.15) is 20.1 Å². The molecule has 3 fully saturated rings. The summed E-state index contributed by atoms with van der Waals surface area (Å²) >= 11 is 0. The van der Waals surface area contributed by atoms with Gasteiger partial charge >= 0.3 is 0 Å². The molecule has 0 atom stereocenters. The fourth-order valence-electron chi connectivity index (χ4n) is 3.91. The van der Waals surface area contributed by atoms with Crippen molar-refractivity contribution in [2.75, 3.05) is 54.4 Å². The van der Waals surface area contributed by atoms with E-state index < -0.39 is 5.92 Å². The van der Waals surface area contributed by atoms with E-state index in [4.69, 9.17) is 0 Å². The quantitative estimate of drug-likeness (QED) is 0.694. The van der Waals surface area contributed by atoms with Crippen molar-refractivity contribution < 1.29 is 8.78 Å². The first-order valence-electron chi connectivity index (χ1n) is 10.2. The molecule has 3 N–H and O–H groups in total. The topological polar surface area (TPSA) is 97.9 Å². The van der Waals surface area contributed by atoms with Crippen LogP contribution < -0.4 is 20.4 Å². The number of piperazine rings is 1. The average molecular weight is 405 g/mol. The molecule has 2 aliphatic heterocycles. The number of H-pyrrole nitrogens is 1. The van der Waals surface area contributed by atoms with Crippen LogP contribution in [0.2, 0.25) is 0 Å². The van der Waals surface area contributed by atoms with Gasteiger partial charge in [0.2, 0.25) is 17.8 Å². The van der Waals surface area contributed by atoms with E-state index in [1.165, 1.54) is 24.2 Å². The van der Waals surface area contributed by atoms with Gasteiger partial charge in [0, 0.05) is 56.8 Å². The van der Waals surface area contributed by atoms with Gasteiger partial charge in [0.05, 0.1) is 6.54 Å². The summed E-state index contributed by atoms with van der Waals surface area (Å²) < 4.78 is 27.5. The van der Waals surface area contributed by atoms with Gasteiger partial charge in [-0.15, -0.1) is 0 Å². The first kappa shape index (κ1) is 18.5. The second kappa shape index (κ2) is 7.36. The summed E-state index contributed by atoms with van der Waals surface area (Å²) in [4.78, 5) is 17.0. The van der Waals surface area contributed by atoms with E-state index in [1.807, 2.05) is 11.0 Å². The summed E-state index contributed by atoms with van der Waals surface area (Å²) in [6.45, 7) is 3.03. The summed E-state index contributed by atoms with van der Waals surface area (Å²) in [6, 6.07) is 1.97. The van der Waals surface area contributed by atoms with Crippen LogP contribution in [0.4, 0.5) is 32.4 Å². The Labute approximate surface area is 167 Å². The average Bonchev–Trinajstić information content (AvgIpc) is 3.27. The molecule has 156 valence electrons. The monoisotopic (exact) mass is 405 g/mol. The number of anilines is 4. The molecule has 1 aliphatic carbocycles. The van der Waals surface area contributed by atoms with Gasteiger partial charge in [0.1, 0.15) is 0 Å². The summed E-state index contributed by atoms with van der Waals surface area (Å²) in [5.41, 5.74) is 1.11. The molecule has 0 amide bonds. The third-order valence-corrected chi connectivity index (χ3v) is 5.85. The van der Waals surface area contributed by atoms with Gasteiger partial charge in [-0.05, 0) is 12.8 Å². The van der Waals surface area contributed by atoms with Gasteiger partial charge in [0.15, 0.2) is 5.82 Å². The predicted octanol–water partition coefficient (Wildman–Crippen LogP) is 1.86. The van der Waals surface area contributed by atoms with Gasteiger partial charge in [-0.25, -0.2) is 8.78 Å². The van der Waals surface area contributed by atoms with Crippen molar-refractivity contribution in [3.8, 4) is 0 Å². The Balaban J connectivity index is 1.41. The Bertz CT molecular complexity index is 861. The molecule has 29 heavy (non-hydrogen) atoms. The number of halogens is 2. The summed E-state index contributed by atoms with van der Waals surface area (Å²) in [5, 5.41) is 13.8. The summed E-state index contributed by atoms with van der Waals surface area (Å²) in [7, 11) is 0. The number of aromatic nitrogens is 5. The zero-order chi connectivity index (χ0) is 19.8. The molecule has 0 aromatic carbocycles. The summed E-state index contributed by atoms with van der Waals surface area (Å²) in [5.74, 6) is -0.440. The molecule has 3 aliphatic rings. The van der Waals surface area contributed by atoms with Crippen molar-refractivity contribution in [2.45, 2.75) is 37.5 Å². The maximum atomic E-state index is 13.7. The molecule has 4 heterocycles. The predicted molar refractivity (Wildman–Crippen MR) is 105 cm³/mol. The minimum Gasteiger partial charge on any atom is -0.338 e. The smallest absolute Gasteiger partial charge is 0.267 e. The van der Waals surface area contributed by atoms with Crippen molar-refractivity contribution in [2.24, 2.45) is 0 Å². The van der Waals surface area contributed by atoms with E-state index in [0.717, 1.165) is 31.9 Å². The van der Waals surface area contributed by atoms with Gasteiger partial charge in [0.25, 0.3) is 5.92 Å². The number of hydrogen-bond donors (Lipinski definition) is 3. The van der Waals surface area contributed by atoms with E-state index >= 15 is 0 Å². The lowest BCUT2D eigenvalue weighted by molar-refractivity contribution is 0.0256. The maximum absolute atomic E-state index is 13.7. The van der Waals surface area contributed by atoms with Gasteiger partial charge in [-0.1, -0.05) is 6.42 Å². The van der Waals surface area contributed by atoms with Crippen molar-refractivity contribution in [3.63, 3.8) is 0 Å². The molecule has 11 heteroatoms. The summed E-state index contributed by atoms with van der Waals surface area (Å²) in [6.07, 6.45) is 3.41. The maximum Gasteiger partial charge on any atom is 0.267 e. The molecule has 5 rings (SSSR count). The number of hydrogen-bond acceptors (Lipinski definition) is 8. The normalized spacial score (nSPS) is 22.0. The molecule has 0 bridgehead atoms. The van der Waals surface area contributed by atoms with Crippen molar-refractivity contribution in [1.29, 1.82) is 0 Å². The highest BCUT2D eigenvalue weighted by Crippen LogP contribution is 2.36. The van der Waals surface area contributed by atoms with Gasteiger partial charge in [-0.3, -0.25) is 5.10 Å². The Morgan fingerprint density at radius 2 is 1.79 bits per heavy atom. The first-order valence-corrected chi connectivity index (χ1v) is 10.2. The van der Waals surface area contributed by atoms with E-state index in [2.05, 4.69) is 35.8 Å². The number of alkyl halides is 2. The molecule has 2 saturated heterocycles. The zero-order valence-corrected chi connectivity index (χ0v) is 16.2. The number of nitrogens with one attached hydrogen (secondary N) is 3. The zero-order valence-electron chi connectivity index (χ0n) is 16.2. The van der Waals surface area contributed by atoms with Crippen LogP contribution in [0.5, 0.6) is 0 Å². The molecule has 9 nitrogen and oxygen atoms in total. The van der Waals surface area contributed by atoms with Crippen LogP contribution in [0.3, 0.4) is 0 Å². The lowest BCUT2D eigenvalue weighted by atomic mass is 9.83. The van der Waals surface area contributed by atoms with E-state index in [1.54, 1.807) is 0 Å². The van der Waals surface area contributed by atoms with E-state index in [-0.39, 0.29) is 25.5 Å². The van der Waals surface area contributed by atoms with Crippen LogP contribution in [0, 0.1) is 0 Å². The molecule has 2 aromatic heterocycles. The lowest BCUT2D eigenvalue weighted by Gasteiger charge is -2.28. The third-order valence-electron chi connectivity index (χ3n) is 5.85. The SMILES string of the molecule is FC1(F)CCN(c2nc(Nc3cc(C4CCC4)[nH]n3)nc(N3CCNCC3)n2)C1. The van der Waals surface area contributed by atoms with Crippen LogP contribution >= 0.6 is 0 Å². The van der Waals surface area contributed by atoms with Crippen molar-refractivity contribution in [1.82, 2.24) is 30.5 Å². The fraction of sp³-hybridized carbons (Fsp3) is 0.667.